The first-order valence-electron chi connectivity index (χ1n) is 4.33. The van der Waals surface area contributed by atoms with Crippen LogP contribution in [-0.4, -0.2) is 16.2 Å². The molecule has 0 fully saturated rings. The van der Waals surface area contributed by atoms with Crippen molar-refractivity contribution in [2.75, 3.05) is 0 Å². The molecule has 0 radical (unpaired) electrons. The third kappa shape index (κ3) is 2.20. The smallest absolute Gasteiger partial charge is 0.286 e. The van der Waals surface area contributed by atoms with Crippen LogP contribution in [0.3, 0.4) is 0 Å². The molecule has 1 amide bonds. The summed E-state index contributed by atoms with van der Waals surface area (Å²) in [5, 5.41) is 9.70. The summed E-state index contributed by atoms with van der Waals surface area (Å²) < 4.78 is 0. The Labute approximate surface area is 101 Å². The van der Waals surface area contributed by atoms with Gasteiger partial charge in [-0.05, 0) is 35.5 Å². The fourth-order valence-corrected chi connectivity index (χ4v) is 2.06. The Morgan fingerprint density at radius 1 is 1.50 bits per heavy atom. The lowest BCUT2D eigenvalue weighted by Gasteiger charge is -1.99. The second kappa shape index (κ2) is 4.19. The molecule has 0 saturated carbocycles. The summed E-state index contributed by atoms with van der Waals surface area (Å²) in [6.45, 7) is 0. The standard InChI is InChI=1S/C10H7ClN2O2S/c11-6-3-5(1-2-7(6)14)4-8-9(15)13-10(12)16-8/h1-4,14H,(H2,12,13,15)/b8-4-. The number of phenols is 1. The van der Waals surface area contributed by atoms with Gasteiger partial charge in [0.1, 0.15) is 5.75 Å². The largest absolute Gasteiger partial charge is 0.506 e. The molecule has 1 aliphatic heterocycles. The number of aromatic hydroxyl groups is 1. The Hall–Kier alpha value is -1.46. The third-order valence-corrected chi connectivity index (χ3v) is 3.02. The van der Waals surface area contributed by atoms with E-state index in [2.05, 4.69) is 4.99 Å². The SMILES string of the molecule is NC1=NC(=O)/C(=C/c2ccc(O)c(Cl)c2)S1. The molecule has 1 aliphatic rings. The Balaban J connectivity index is 2.31. The number of nitrogens with zero attached hydrogens (tertiary/aromatic N) is 1. The van der Waals surface area contributed by atoms with Gasteiger partial charge in [0.15, 0.2) is 5.17 Å². The predicted molar refractivity (Wildman–Crippen MR) is 65.3 cm³/mol. The fourth-order valence-electron chi connectivity index (χ4n) is 1.19. The first kappa shape index (κ1) is 11.0. The Morgan fingerprint density at radius 3 is 2.81 bits per heavy atom. The van der Waals surface area contributed by atoms with Gasteiger partial charge in [0.2, 0.25) is 0 Å². The minimum absolute atomic E-state index is 0.00461. The van der Waals surface area contributed by atoms with Crippen molar-refractivity contribution in [2.45, 2.75) is 0 Å². The number of nitrogens with two attached hydrogens (primary N) is 1. The van der Waals surface area contributed by atoms with Crippen LogP contribution in [0.5, 0.6) is 5.75 Å². The van der Waals surface area contributed by atoms with Crippen molar-refractivity contribution in [2.24, 2.45) is 10.7 Å². The summed E-state index contributed by atoms with van der Waals surface area (Å²) in [5.74, 6) is -0.350. The topological polar surface area (TPSA) is 75.7 Å². The molecule has 6 heteroatoms. The van der Waals surface area contributed by atoms with E-state index in [0.29, 0.717) is 10.5 Å². The summed E-state index contributed by atoms with van der Waals surface area (Å²) in [6, 6.07) is 4.67. The zero-order valence-electron chi connectivity index (χ0n) is 7.98. The Kier molecular flexibility index (Phi) is 2.89. The van der Waals surface area contributed by atoms with E-state index in [4.69, 9.17) is 17.3 Å². The minimum Gasteiger partial charge on any atom is -0.506 e. The summed E-state index contributed by atoms with van der Waals surface area (Å²) in [4.78, 5) is 15.3. The summed E-state index contributed by atoms with van der Waals surface area (Å²) >= 11 is 6.85. The molecule has 0 aromatic heterocycles. The predicted octanol–water partition coefficient (Wildman–Crippen LogP) is 1.97. The molecular weight excluding hydrogens is 248 g/mol. The summed E-state index contributed by atoms with van der Waals surface area (Å²) in [5.41, 5.74) is 6.12. The first-order valence-corrected chi connectivity index (χ1v) is 5.52. The number of amides is 1. The molecule has 0 atom stereocenters. The van der Waals surface area contributed by atoms with Crippen LogP contribution in [0, 0.1) is 0 Å². The van der Waals surface area contributed by atoms with Crippen molar-refractivity contribution < 1.29 is 9.90 Å². The average molecular weight is 255 g/mol. The molecule has 0 saturated heterocycles. The highest BCUT2D eigenvalue weighted by molar-refractivity contribution is 8.18. The Bertz CT molecular complexity index is 526. The van der Waals surface area contributed by atoms with E-state index in [-0.39, 0.29) is 21.8 Å². The molecule has 1 aromatic rings. The molecule has 3 N–H and O–H groups in total. The molecule has 2 rings (SSSR count). The van der Waals surface area contributed by atoms with Crippen LogP contribution in [0.4, 0.5) is 0 Å². The number of carbonyl (C=O) groups is 1. The van der Waals surface area contributed by atoms with Crippen molar-refractivity contribution in [3.8, 4) is 5.75 Å². The van der Waals surface area contributed by atoms with Gasteiger partial charge in [0.25, 0.3) is 5.91 Å². The number of carbonyl (C=O) groups excluding carboxylic acids is 1. The van der Waals surface area contributed by atoms with E-state index in [0.717, 1.165) is 11.8 Å². The molecular formula is C10H7ClN2O2S. The lowest BCUT2D eigenvalue weighted by molar-refractivity contribution is -0.113. The number of hydrogen-bond acceptors (Lipinski definition) is 4. The molecule has 1 heterocycles. The van der Waals surface area contributed by atoms with Crippen molar-refractivity contribution in [1.82, 2.24) is 0 Å². The van der Waals surface area contributed by atoms with Crippen molar-refractivity contribution in [3.63, 3.8) is 0 Å². The maximum atomic E-state index is 11.3. The van der Waals surface area contributed by atoms with E-state index < -0.39 is 0 Å². The highest BCUT2D eigenvalue weighted by Gasteiger charge is 2.19. The van der Waals surface area contributed by atoms with Gasteiger partial charge >= 0.3 is 0 Å². The van der Waals surface area contributed by atoms with Crippen LogP contribution in [0.2, 0.25) is 5.02 Å². The summed E-state index contributed by atoms with van der Waals surface area (Å²) in [7, 11) is 0. The zero-order chi connectivity index (χ0) is 11.7. The summed E-state index contributed by atoms with van der Waals surface area (Å²) in [6.07, 6.45) is 1.63. The van der Waals surface area contributed by atoms with Gasteiger partial charge in [-0.3, -0.25) is 4.79 Å². The maximum absolute atomic E-state index is 11.3. The van der Waals surface area contributed by atoms with Gasteiger partial charge in [0, 0.05) is 0 Å². The monoisotopic (exact) mass is 254 g/mol. The van der Waals surface area contributed by atoms with E-state index in [1.165, 1.54) is 6.07 Å². The molecule has 16 heavy (non-hydrogen) atoms. The van der Waals surface area contributed by atoms with Gasteiger partial charge in [0.05, 0.1) is 9.93 Å². The van der Waals surface area contributed by atoms with Crippen LogP contribution in [0.25, 0.3) is 6.08 Å². The third-order valence-electron chi connectivity index (χ3n) is 1.91. The number of amidine groups is 1. The van der Waals surface area contributed by atoms with Crippen LogP contribution in [-0.2, 0) is 4.79 Å². The van der Waals surface area contributed by atoms with Crippen molar-refractivity contribution >= 4 is 40.5 Å². The molecule has 4 nitrogen and oxygen atoms in total. The van der Waals surface area contributed by atoms with E-state index in [1.54, 1.807) is 18.2 Å². The fraction of sp³-hybridized carbons (Fsp3) is 0. The van der Waals surface area contributed by atoms with Crippen LogP contribution in [0.15, 0.2) is 28.1 Å². The lowest BCUT2D eigenvalue weighted by atomic mass is 10.2. The van der Waals surface area contributed by atoms with Gasteiger partial charge < -0.3 is 10.8 Å². The van der Waals surface area contributed by atoms with Crippen LogP contribution < -0.4 is 5.73 Å². The average Bonchev–Trinajstić information content (AvgIpc) is 2.51. The zero-order valence-corrected chi connectivity index (χ0v) is 9.55. The van der Waals surface area contributed by atoms with E-state index >= 15 is 0 Å². The normalized spacial score (nSPS) is 17.9. The first-order chi connectivity index (χ1) is 7.56. The second-order valence-electron chi connectivity index (χ2n) is 3.08. The van der Waals surface area contributed by atoms with Crippen molar-refractivity contribution in [1.29, 1.82) is 0 Å². The highest BCUT2D eigenvalue weighted by atomic mass is 35.5. The van der Waals surface area contributed by atoms with Gasteiger partial charge in [-0.15, -0.1) is 0 Å². The molecule has 0 unspecified atom stereocenters. The minimum atomic E-state index is -0.355. The number of thioether (sulfide) groups is 1. The number of benzene rings is 1. The van der Waals surface area contributed by atoms with Crippen molar-refractivity contribution in [3.05, 3.63) is 33.7 Å². The van der Waals surface area contributed by atoms with E-state index in [9.17, 15) is 9.90 Å². The molecule has 1 aromatic carbocycles. The number of halogens is 1. The molecule has 0 bridgehead atoms. The number of rotatable bonds is 1. The second-order valence-corrected chi connectivity index (χ2v) is 4.55. The van der Waals surface area contributed by atoms with Crippen LogP contribution >= 0.6 is 23.4 Å². The van der Waals surface area contributed by atoms with Gasteiger partial charge in [-0.1, -0.05) is 17.7 Å². The van der Waals surface area contributed by atoms with Gasteiger partial charge in [-0.2, -0.15) is 4.99 Å². The van der Waals surface area contributed by atoms with E-state index in [1.807, 2.05) is 0 Å². The number of phenolic OH excluding ortho intramolecular Hbond substituents is 1. The lowest BCUT2D eigenvalue weighted by Crippen LogP contribution is -2.01. The number of aliphatic imine (C=N–C) groups is 1. The maximum Gasteiger partial charge on any atom is 0.286 e. The molecule has 82 valence electrons. The quantitative estimate of drug-likeness (QED) is 0.752. The molecule has 0 aliphatic carbocycles. The Morgan fingerprint density at radius 2 is 2.25 bits per heavy atom. The number of hydrogen-bond donors (Lipinski definition) is 2. The van der Waals surface area contributed by atoms with Crippen LogP contribution in [0.1, 0.15) is 5.56 Å². The highest BCUT2D eigenvalue weighted by Crippen LogP contribution is 2.29. The molecule has 0 spiro atoms. The van der Waals surface area contributed by atoms with Gasteiger partial charge in [-0.25, -0.2) is 0 Å².